The van der Waals surface area contributed by atoms with Gasteiger partial charge >= 0.3 is 0 Å². The van der Waals surface area contributed by atoms with E-state index in [4.69, 9.17) is 5.73 Å². The van der Waals surface area contributed by atoms with Gasteiger partial charge in [-0.05, 0) is 34.0 Å². The van der Waals surface area contributed by atoms with Crippen molar-refractivity contribution in [3.8, 4) is 0 Å². The Kier molecular flexibility index (Phi) is 4.49. The third kappa shape index (κ3) is 4.02. The van der Waals surface area contributed by atoms with Crippen LogP contribution >= 0.6 is 0 Å². The van der Waals surface area contributed by atoms with Crippen LogP contribution in [-0.4, -0.2) is 49.1 Å². The van der Waals surface area contributed by atoms with Gasteiger partial charge in [-0.25, -0.2) is 9.97 Å². The molecule has 16 heavy (non-hydrogen) atoms. The second-order valence-corrected chi connectivity index (χ2v) is 4.28. The standard InChI is InChI=1S/C11H21N5/c1-9-13-10(12)8-11(14-9)16(4)7-5-6-15(2)3/h8H,5-7H2,1-4H3,(H2,12,13,14). The lowest BCUT2D eigenvalue weighted by Gasteiger charge is -2.19. The normalized spacial score (nSPS) is 10.8. The van der Waals surface area contributed by atoms with Crippen LogP contribution in [0, 0.1) is 6.92 Å². The van der Waals surface area contributed by atoms with Gasteiger partial charge in [-0.15, -0.1) is 0 Å². The molecule has 5 nitrogen and oxygen atoms in total. The molecule has 1 aromatic rings. The molecule has 5 heteroatoms. The minimum atomic E-state index is 0.530. The van der Waals surface area contributed by atoms with E-state index in [1.54, 1.807) is 0 Å². The molecule has 1 aromatic heterocycles. The van der Waals surface area contributed by atoms with E-state index in [0.717, 1.165) is 31.2 Å². The zero-order valence-corrected chi connectivity index (χ0v) is 10.6. The van der Waals surface area contributed by atoms with E-state index in [0.29, 0.717) is 5.82 Å². The number of hydrogen-bond acceptors (Lipinski definition) is 5. The fraction of sp³-hybridized carbons (Fsp3) is 0.636. The monoisotopic (exact) mass is 223 g/mol. The highest BCUT2D eigenvalue weighted by molar-refractivity contribution is 5.46. The molecule has 1 heterocycles. The van der Waals surface area contributed by atoms with Crippen molar-refractivity contribution < 1.29 is 0 Å². The fourth-order valence-corrected chi connectivity index (χ4v) is 1.51. The lowest BCUT2D eigenvalue weighted by molar-refractivity contribution is 0.401. The van der Waals surface area contributed by atoms with Crippen LogP contribution in [-0.2, 0) is 0 Å². The molecule has 0 saturated carbocycles. The van der Waals surface area contributed by atoms with E-state index in [9.17, 15) is 0 Å². The summed E-state index contributed by atoms with van der Waals surface area (Å²) in [6.07, 6.45) is 1.10. The van der Waals surface area contributed by atoms with Gasteiger partial charge < -0.3 is 15.5 Å². The van der Waals surface area contributed by atoms with E-state index in [2.05, 4.69) is 33.9 Å². The van der Waals surface area contributed by atoms with Crippen LogP contribution in [0.3, 0.4) is 0 Å². The van der Waals surface area contributed by atoms with Crippen molar-refractivity contribution in [2.24, 2.45) is 0 Å². The summed E-state index contributed by atoms with van der Waals surface area (Å²) in [5.41, 5.74) is 5.69. The van der Waals surface area contributed by atoms with Crippen molar-refractivity contribution in [1.82, 2.24) is 14.9 Å². The molecule has 0 atom stereocenters. The third-order valence-electron chi connectivity index (χ3n) is 2.33. The van der Waals surface area contributed by atoms with Crippen molar-refractivity contribution in [2.45, 2.75) is 13.3 Å². The van der Waals surface area contributed by atoms with E-state index < -0.39 is 0 Å². The number of anilines is 2. The van der Waals surface area contributed by atoms with Gasteiger partial charge in [0, 0.05) is 19.7 Å². The predicted molar refractivity (Wildman–Crippen MR) is 67.6 cm³/mol. The Morgan fingerprint density at radius 1 is 1.19 bits per heavy atom. The predicted octanol–water partition coefficient (Wildman–Crippen LogP) is 0.755. The molecule has 90 valence electrons. The van der Waals surface area contributed by atoms with Gasteiger partial charge in [0.15, 0.2) is 0 Å². The fourth-order valence-electron chi connectivity index (χ4n) is 1.51. The van der Waals surface area contributed by atoms with E-state index in [1.807, 2.05) is 20.0 Å². The number of aryl methyl sites for hydroxylation is 1. The summed E-state index contributed by atoms with van der Waals surface area (Å²) in [4.78, 5) is 12.7. The van der Waals surface area contributed by atoms with Crippen LogP contribution in [0.5, 0.6) is 0 Å². The molecule has 2 N–H and O–H groups in total. The maximum absolute atomic E-state index is 5.69. The first-order chi connectivity index (χ1) is 7.49. The molecule has 0 fully saturated rings. The number of rotatable bonds is 5. The lowest BCUT2D eigenvalue weighted by Crippen LogP contribution is -2.24. The highest BCUT2D eigenvalue weighted by Crippen LogP contribution is 2.12. The van der Waals surface area contributed by atoms with Crippen LogP contribution < -0.4 is 10.6 Å². The topological polar surface area (TPSA) is 58.3 Å². The number of nitrogens with two attached hydrogens (primary N) is 1. The Morgan fingerprint density at radius 3 is 2.44 bits per heavy atom. The summed E-state index contributed by atoms with van der Waals surface area (Å²) in [5.74, 6) is 2.14. The van der Waals surface area contributed by atoms with E-state index in [1.165, 1.54) is 0 Å². The molecule has 0 aliphatic rings. The highest BCUT2D eigenvalue weighted by atomic mass is 15.2. The van der Waals surface area contributed by atoms with Gasteiger partial charge in [0.2, 0.25) is 0 Å². The Hall–Kier alpha value is -1.36. The summed E-state index contributed by atoms with van der Waals surface area (Å²) >= 11 is 0. The molecule has 0 radical (unpaired) electrons. The van der Waals surface area contributed by atoms with Crippen molar-refractivity contribution in [2.75, 3.05) is 44.9 Å². The van der Waals surface area contributed by atoms with Crippen molar-refractivity contribution in [3.63, 3.8) is 0 Å². The Bertz CT molecular complexity index is 317. The summed E-state index contributed by atoms with van der Waals surface area (Å²) in [7, 11) is 6.18. The Balaban J connectivity index is 2.55. The number of hydrogen-bond donors (Lipinski definition) is 1. The molecule has 1 rings (SSSR count). The van der Waals surface area contributed by atoms with Gasteiger partial charge in [0.25, 0.3) is 0 Å². The molecule has 0 spiro atoms. The second-order valence-electron chi connectivity index (χ2n) is 4.28. The first kappa shape index (κ1) is 12.7. The quantitative estimate of drug-likeness (QED) is 0.798. The first-order valence-corrected chi connectivity index (χ1v) is 5.46. The van der Waals surface area contributed by atoms with Gasteiger partial charge in [0.1, 0.15) is 17.5 Å². The van der Waals surface area contributed by atoms with E-state index >= 15 is 0 Å². The molecule has 0 amide bonds. The maximum atomic E-state index is 5.69. The Labute approximate surface area is 97.3 Å². The van der Waals surface area contributed by atoms with Gasteiger partial charge in [-0.1, -0.05) is 0 Å². The van der Waals surface area contributed by atoms with Crippen molar-refractivity contribution >= 4 is 11.6 Å². The van der Waals surface area contributed by atoms with Crippen molar-refractivity contribution in [3.05, 3.63) is 11.9 Å². The zero-order chi connectivity index (χ0) is 12.1. The molecule has 0 aromatic carbocycles. The largest absolute Gasteiger partial charge is 0.384 e. The molecule has 0 aliphatic carbocycles. The number of nitrogens with zero attached hydrogens (tertiary/aromatic N) is 4. The van der Waals surface area contributed by atoms with Crippen molar-refractivity contribution in [1.29, 1.82) is 0 Å². The van der Waals surface area contributed by atoms with E-state index in [-0.39, 0.29) is 0 Å². The molecule has 0 aliphatic heterocycles. The minimum Gasteiger partial charge on any atom is -0.384 e. The third-order valence-corrected chi connectivity index (χ3v) is 2.33. The Morgan fingerprint density at radius 2 is 1.88 bits per heavy atom. The molecular weight excluding hydrogens is 202 g/mol. The van der Waals surface area contributed by atoms with Crippen LogP contribution in [0.2, 0.25) is 0 Å². The average molecular weight is 223 g/mol. The second kappa shape index (κ2) is 5.65. The highest BCUT2D eigenvalue weighted by Gasteiger charge is 2.04. The van der Waals surface area contributed by atoms with Crippen LogP contribution in [0.4, 0.5) is 11.6 Å². The number of aromatic nitrogens is 2. The maximum Gasteiger partial charge on any atom is 0.134 e. The first-order valence-electron chi connectivity index (χ1n) is 5.46. The number of nitrogen functional groups attached to an aromatic ring is 1. The van der Waals surface area contributed by atoms with Gasteiger partial charge in [-0.2, -0.15) is 0 Å². The molecular formula is C11H21N5. The summed E-state index contributed by atoms with van der Waals surface area (Å²) in [6, 6.07) is 1.81. The van der Waals surface area contributed by atoms with Crippen LogP contribution in [0.25, 0.3) is 0 Å². The summed E-state index contributed by atoms with van der Waals surface area (Å²) < 4.78 is 0. The lowest BCUT2D eigenvalue weighted by atomic mass is 10.3. The molecule has 0 bridgehead atoms. The summed E-state index contributed by atoms with van der Waals surface area (Å²) in [6.45, 7) is 3.89. The van der Waals surface area contributed by atoms with Crippen LogP contribution in [0.15, 0.2) is 6.07 Å². The molecule has 0 saturated heterocycles. The van der Waals surface area contributed by atoms with Gasteiger partial charge in [0.05, 0.1) is 0 Å². The smallest absolute Gasteiger partial charge is 0.134 e. The molecule has 0 unspecified atom stereocenters. The average Bonchev–Trinajstić information content (AvgIpc) is 2.15. The summed E-state index contributed by atoms with van der Waals surface area (Å²) in [5, 5.41) is 0. The SMILES string of the molecule is Cc1nc(N)cc(N(C)CCCN(C)C)n1. The van der Waals surface area contributed by atoms with Crippen LogP contribution in [0.1, 0.15) is 12.2 Å². The minimum absolute atomic E-state index is 0.530. The zero-order valence-electron chi connectivity index (χ0n) is 10.6. The van der Waals surface area contributed by atoms with Gasteiger partial charge in [-0.3, -0.25) is 0 Å².